The summed E-state index contributed by atoms with van der Waals surface area (Å²) in [6.07, 6.45) is 1.87. The summed E-state index contributed by atoms with van der Waals surface area (Å²) in [6, 6.07) is 35.9. The molecule has 1 N–H and O–H groups in total. The Morgan fingerprint density at radius 1 is 0.481 bits per heavy atom. The third kappa shape index (κ3) is 6.72. The monoisotopic (exact) mass is 686 g/mol. The van der Waals surface area contributed by atoms with Gasteiger partial charge >= 0.3 is 0 Å². The Morgan fingerprint density at radius 2 is 1.10 bits per heavy atom. The predicted octanol–water partition coefficient (Wildman–Crippen LogP) is 13.1. The number of fused-ring (bicyclic) bond motifs is 3. The maximum Gasteiger partial charge on any atom is 0.147 e. The molecular weight excluding hydrogens is 633 g/mol. The summed E-state index contributed by atoms with van der Waals surface area (Å²) in [5.74, 6) is 1.02. The van der Waals surface area contributed by atoms with Crippen molar-refractivity contribution >= 4 is 21.9 Å². The summed E-state index contributed by atoms with van der Waals surface area (Å²) < 4.78 is 2.31. The summed E-state index contributed by atoms with van der Waals surface area (Å²) in [5.41, 5.74) is 13.7. The van der Waals surface area contributed by atoms with Crippen molar-refractivity contribution in [2.75, 3.05) is 0 Å². The molecule has 0 atom stereocenters. The lowest BCUT2D eigenvalue weighted by Gasteiger charge is -2.26. The molecule has 0 saturated carbocycles. The van der Waals surface area contributed by atoms with Gasteiger partial charge in [0, 0.05) is 39.2 Å². The molecule has 0 aliphatic rings. The highest BCUT2D eigenvalue weighted by Crippen LogP contribution is 2.40. The zero-order valence-corrected chi connectivity index (χ0v) is 33.2. The minimum atomic E-state index is -0.00549. The van der Waals surface area contributed by atoms with Crippen molar-refractivity contribution in [3.05, 3.63) is 126 Å². The SMILES string of the molecule is CC(C)(C)c1cc(-c2cc(-c3ccccn3)cc(-c3ccc4c5cc(C(C)(C)C)ccc5n(-c5ccc(C(C)(C)C)[nH]5)c4n3)c2)cc(C(C)(C)C)c1. The Balaban J connectivity index is 1.50. The molecule has 4 nitrogen and oxygen atoms in total. The highest BCUT2D eigenvalue weighted by atomic mass is 15.1. The summed E-state index contributed by atoms with van der Waals surface area (Å²) >= 11 is 0. The van der Waals surface area contributed by atoms with Gasteiger partial charge in [-0.1, -0.05) is 113 Å². The minimum Gasteiger partial charge on any atom is -0.344 e. The summed E-state index contributed by atoms with van der Waals surface area (Å²) in [5, 5.41) is 2.36. The van der Waals surface area contributed by atoms with Crippen molar-refractivity contribution < 1.29 is 0 Å². The van der Waals surface area contributed by atoms with E-state index in [2.05, 4.69) is 184 Å². The van der Waals surface area contributed by atoms with Crippen LogP contribution < -0.4 is 0 Å². The first-order chi connectivity index (χ1) is 24.3. The van der Waals surface area contributed by atoms with E-state index in [1.807, 2.05) is 12.3 Å². The van der Waals surface area contributed by atoms with E-state index in [1.165, 1.54) is 33.3 Å². The molecule has 52 heavy (non-hydrogen) atoms. The molecule has 3 aromatic carbocycles. The van der Waals surface area contributed by atoms with E-state index in [-0.39, 0.29) is 21.7 Å². The first-order valence-electron chi connectivity index (χ1n) is 18.7. The van der Waals surface area contributed by atoms with Crippen LogP contribution in [0.25, 0.3) is 61.4 Å². The molecule has 4 heterocycles. The number of nitrogens with one attached hydrogen (secondary N) is 1. The number of rotatable bonds is 4. The fourth-order valence-electron chi connectivity index (χ4n) is 7.00. The van der Waals surface area contributed by atoms with E-state index in [0.29, 0.717) is 0 Å². The number of hydrogen-bond donors (Lipinski definition) is 1. The maximum absolute atomic E-state index is 5.53. The van der Waals surface area contributed by atoms with E-state index in [0.717, 1.165) is 50.4 Å². The van der Waals surface area contributed by atoms with E-state index in [4.69, 9.17) is 9.97 Å². The Hall–Kier alpha value is -4.96. The van der Waals surface area contributed by atoms with Crippen molar-refractivity contribution in [2.24, 2.45) is 0 Å². The van der Waals surface area contributed by atoms with Gasteiger partial charge in [0.05, 0.1) is 16.9 Å². The minimum absolute atomic E-state index is 0.00549. The molecule has 0 radical (unpaired) electrons. The lowest BCUT2D eigenvalue weighted by molar-refractivity contribution is 0.569. The zero-order chi connectivity index (χ0) is 37.4. The average Bonchev–Trinajstić information content (AvgIpc) is 3.70. The highest BCUT2D eigenvalue weighted by molar-refractivity contribution is 6.08. The first kappa shape index (κ1) is 35.4. The maximum atomic E-state index is 5.53. The number of aromatic amines is 1. The third-order valence-corrected chi connectivity index (χ3v) is 10.4. The van der Waals surface area contributed by atoms with E-state index >= 15 is 0 Å². The van der Waals surface area contributed by atoms with Crippen LogP contribution in [0.2, 0.25) is 0 Å². The molecule has 0 saturated heterocycles. The normalized spacial score (nSPS) is 13.0. The molecule has 0 unspecified atom stereocenters. The van der Waals surface area contributed by atoms with E-state index in [9.17, 15) is 0 Å². The van der Waals surface area contributed by atoms with Gasteiger partial charge in [-0.2, -0.15) is 0 Å². The van der Waals surface area contributed by atoms with Crippen LogP contribution in [0.15, 0.2) is 103 Å². The van der Waals surface area contributed by atoms with E-state index in [1.54, 1.807) is 0 Å². The second kappa shape index (κ2) is 12.3. The number of nitrogens with zero attached hydrogens (tertiary/aromatic N) is 3. The molecule has 7 aromatic rings. The van der Waals surface area contributed by atoms with Crippen LogP contribution in [0.4, 0.5) is 0 Å². The topological polar surface area (TPSA) is 46.5 Å². The average molecular weight is 687 g/mol. The van der Waals surface area contributed by atoms with Crippen LogP contribution in [-0.4, -0.2) is 19.5 Å². The van der Waals surface area contributed by atoms with Crippen molar-refractivity contribution in [1.82, 2.24) is 19.5 Å². The number of hydrogen-bond acceptors (Lipinski definition) is 2. The molecule has 0 fully saturated rings. The summed E-state index contributed by atoms with van der Waals surface area (Å²) in [7, 11) is 0. The fourth-order valence-corrected chi connectivity index (χ4v) is 7.00. The standard InChI is InChI=1S/C48H54N4/c1-45(2,3)34-16-19-41-38(29-34)37-17-18-40(50-44(37)52(41)43-21-20-42(51-43)48(10,11)12)33-24-30(23-32(25-33)39-15-13-14-22-49-39)31-26-35(46(4,5)6)28-36(27-31)47(7,8)9/h13-29,51H,1-12H3. The van der Waals surface area contributed by atoms with Crippen molar-refractivity contribution in [1.29, 1.82) is 0 Å². The molecule has 7 rings (SSSR count). The van der Waals surface area contributed by atoms with Gasteiger partial charge in [0.25, 0.3) is 0 Å². The van der Waals surface area contributed by atoms with Crippen LogP contribution in [0.1, 0.15) is 105 Å². The fraction of sp³-hybridized carbons (Fsp3) is 0.333. The van der Waals surface area contributed by atoms with Crippen molar-refractivity contribution in [3.8, 4) is 39.5 Å². The van der Waals surface area contributed by atoms with Crippen molar-refractivity contribution in [2.45, 2.75) is 105 Å². The van der Waals surface area contributed by atoms with Gasteiger partial charge in [0.1, 0.15) is 11.5 Å². The number of aromatic nitrogens is 4. The summed E-state index contributed by atoms with van der Waals surface area (Å²) in [6.45, 7) is 27.3. The molecular formula is C48H54N4. The molecule has 0 aliphatic carbocycles. The molecule has 4 aromatic heterocycles. The Kier molecular flexibility index (Phi) is 8.40. The van der Waals surface area contributed by atoms with Gasteiger partial charge in [-0.05, 0) is 111 Å². The zero-order valence-electron chi connectivity index (χ0n) is 33.2. The van der Waals surface area contributed by atoms with Crippen molar-refractivity contribution in [3.63, 3.8) is 0 Å². The number of benzene rings is 3. The largest absolute Gasteiger partial charge is 0.344 e. The summed E-state index contributed by atoms with van der Waals surface area (Å²) in [4.78, 5) is 14.1. The molecule has 0 aliphatic heterocycles. The van der Waals surface area contributed by atoms with E-state index < -0.39 is 0 Å². The van der Waals surface area contributed by atoms with Gasteiger partial charge < -0.3 is 4.98 Å². The second-order valence-corrected chi connectivity index (χ2v) is 18.7. The van der Waals surface area contributed by atoms with Gasteiger partial charge in [-0.3, -0.25) is 9.55 Å². The Morgan fingerprint density at radius 3 is 1.67 bits per heavy atom. The smallest absolute Gasteiger partial charge is 0.147 e. The molecule has 0 bridgehead atoms. The highest BCUT2D eigenvalue weighted by Gasteiger charge is 2.24. The molecule has 266 valence electrons. The Labute approximate surface area is 310 Å². The van der Waals surface area contributed by atoms with Gasteiger partial charge in [0.2, 0.25) is 0 Å². The van der Waals surface area contributed by atoms with Gasteiger partial charge in [0.15, 0.2) is 0 Å². The molecule has 4 heteroatoms. The van der Waals surface area contributed by atoms with Crippen LogP contribution in [-0.2, 0) is 21.7 Å². The number of H-pyrrole nitrogens is 1. The van der Waals surface area contributed by atoms with Crippen LogP contribution >= 0.6 is 0 Å². The molecule has 0 amide bonds. The number of pyridine rings is 2. The van der Waals surface area contributed by atoms with Gasteiger partial charge in [-0.15, -0.1) is 0 Å². The van der Waals surface area contributed by atoms with Crippen LogP contribution in [0.5, 0.6) is 0 Å². The third-order valence-electron chi connectivity index (χ3n) is 10.4. The lowest BCUT2D eigenvalue weighted by atomic mass is 9.78. The van der Waals surface area contributed by atoms with Gasteiger partial charge in [-0.25, -0.2) is 4.98 Å². The predicted molar refractivity (Wildman–Crippen MR) is 222 cm³/mol. The van der Waals surface area contributed by atoms with Crippen LogP contribution in [0.3, 0.4) is 0 Å². The quantitative estimate of drug-likeness (QED) is 0.200. The first-order valence-corrected chi connectivity index (χ1v) is 18.7. The lowest BCUT2D eigenvalue weighted by Crippen LogP contribution is -2.16. The second-order valence-electron chi connectivity index (χ2n) is 18.7. The molecule has 0 spiro atoms. The Bertz CT molecular complexity index is 2400. The van der Waals surface area contributed by atoms with Crippen LogP contribution in [0, 0.1) is 0 Å².